The molecule has 2 aromatic carbocycles. The maximum absolute atomic E-state index is 14.4. The zero-order chi connectivity index (χ0) is 19.4. The second-order valence-electron chi connectivity index (χ2n) is 6.69. The van der Waals surface area contributed by atoms with Crippen molar-refractivity contribution in [1.82, 2.24) is 14.8 Å². The second kappa shape index (κ2) is 6.20. The average molecular weight is 396 g/mol. The van der Waals surface area contributed by atoms with Crippen LogP contribution >= 0.6 is 11.3 Å². The van der Waals surface area contributed by atoms with Gasteiger partial charge in [-0.25, -0.2) is 13.8 Å². The van der Waals surface area contributed by atoms with Crippen molar-refractivity contribution in [3.05, 3.63) is 70.9 Å². The van der Waals surface area contributed by atoms with Crippen LogP contribution in [0.2, 0.25) is 0 Å². The number of hydrogen-bond acceptors (Lipinski definition) is 4. The lowest BCUT2D eigenvalue weighted by molar-refractivity contribution is -0.116. The Hall–Kier alpha value is -3.13. The van der Waals surface area contributed by atoms with E-state index >= 15 is 0 Å². The fraction of sp³-hybridized carbons (Fsp3) is 0.150. The molecular formula is C20H14F2N4OS. The van der Waals surface area contributed by atoms with Gasteiger partial charge in [-0.15, -0.1) is 0 Å². The molecule has 0 unspecified atom stereocenters. The van der Waals surface area contributed by atoms with Gasteiger partial charge < -0.3 is 5.32 Å². The van der Waals surface area contributed by atoms with Gasteiger partial charge in [0, 0.05) is 17.9 Å². The molecule has 2 aromatic heterocycles. The Bertz CT molecular complexity index is 1210. The van der Waals surface area contributed by atoms with Gasteiger partial charge in [-0.3, -0.25) is 4.79 Å². The molecule has 0 saturated carbocycles. The lowest BCUT2D eigenvalue weighted by Crippen LogP contribution is -2.25. The Morgan fingerprint density at radius 2 is 2.04 bits per heavy atom. The van der Waals surface area contributed by atoms with Gasteiger partial charge in [-0.2, -0.15) is 9.78 Å². The van der Waals surface area contributed by atoms with E-state index in [9.17, 15) is 13.6 Å². The summed E-state index contributed by atoms with van der Waals surface area (Å²) >= 11 is 1.44. The Labute approximate surface area is 162 Å². The topological polar surface area (TPSA) is 59.8 Å². The number of nitrogens with one attached hydrogen (secondary N) is 1. The third-order valence-corrected chi connectivity index (χ3v) is 5.91. The van der Waals surface area contributed by atoms with E-state index in [0.717, 1.165) is 28.4 Å². The van der Waals surface area contributed by atoms with Gasteiger partial charge in [-0.1, -0.05) is 23.5 Å². The third kappa shape index (κ3) is 2.60. The van der Waals surface area contributed by atoms with Crippen LogP contribution in [0.25, 0.3) is 15.3 Å². The van der Waals surface area contributed by atoms with Crippen molar-refractivity contribution in [2.24, 2.45) is 0 Å². The first-order valence-electron chi connectivity index (χ1n) is 8.71. The largest absolute Gasteiger partial charge is 0.310 e. The summed E-state index contributed by atoms with van der Waals surface area (Å²) in [6.45, 7) is 1.80. The number of aryl methyl sites for hydroxylation is 1. The molecular weight excluding hydrogens is 382 g/mol. The summed E-state index contributed by atoms with van der Waals surface area (Å²) in [5.41, 5.74) is 2.31. The summed E-state index contributed by atoms with van der Waals surface area (Å²) in [4.78, 5) is 17.0. The molecule has 1 atom stereocenters. The predicted octanol–water partition coefficient (Wildman–Crippen LogP) is 4.54. The van der Waals surface area contributed by atoms with E-state index in [1.807, 2.05) is 24.3 Å². The van der Waals surface area contributed by atoms with Gasteiger partial charge >= 0.3 is 0 Å². The highest BCUT2D eigenvalue weighted by Gasteiger charge is 2.34. The average Bonchev–Trinajstić information content (AvgIpc) is 3.24. The van der Waals surface area contributed by atoms with E-state index in [0.29, 0.717) is 22.2 Å². The zero-order valence-corrected chi connectivity index (χ0v) is 15.6. The monoisotopic (exact) mass is 396 g/mol. The summed E-state index contributed by atoms with van der Waals surface area (Å²) in [7, 11) is 0. The number of fused-ring (bicyclic) bond motifs is 2. The van der Waals surface area contributed by atoms with E-state index in [4.69, 9.17) is 0 Å². The number of halogens is 2. The van der Waals surface area contributed by atoms with Gasteiger partial charge in [0.1, 0.15) is 17.5 Å². The van der Waals surface area contributed by atoms with Crippen molar-refractivity contribution in [1.29, 1.82) is 0 Å². The highest BCUT2D eigenvalue weighted by molar-refractivity contribution is 7.20. The number of carbonyl (C=O) groups is 1. The highest BCUT2D eigenvalue weighted by atomic mass is 32.1. The van der Waals surface area contributed by atoms with Crippen molar-refractivity contribution in [2.45, 2.75) is 19.3 Å². The first kappa shape index (κ1) is 17.0. The van der Waals surface area contributed by atoms with E-state index in [1.165, 1.54) is 11.3 Å². The Morgan fingerprint density at radius 3 is 2.86 bits per heavy atom. The first-order valence-corrected chi connectivity index (χ1v) is 9.53. The van der Waals surface area contributed by atoms with E-state index in [2.05, 4.69) is 15.4 Å². The lowest BCUT2D eigenvalue weighted by atomic mass is 9.85. The zero-order valence-electron chi connectivity index (χ0n) is 14.7. The van der Waals surface area contributed by atoms with Gasteiger partial charge in [0.2, 0.25) is 11.0 Å². The van der Waals surface area contributed by atoms with Crippen molar-refractivity contribution < 1.29 is 13.6 Å². The fourth-order valence-electron chi connectivity index (χ4n) is 3.68. The molecule has 0 radical (unpaired) electrons. The molecule has 1 amide bonds. The van der Waals surface area contributed by atoms with Crippen LogP contribution in [-0.4, -0.2) is 20.7 Å². The highest BCUT2D eigenvalue weighted by Crippen LogP contribution is 2.41. The molecule has 1 aliphatic heterocycles. The molecule has 4 aromatic rings. The number of rotatable bonds is 2. The van der Waals surface area contributed by atoms with Crippen molar-refractivity contribution >= 4 is 33.3 Å². The van der Waals surface area contributed by atoms with Crippen LogP contribution in [0.15, 0.2) is 42.5 Å². The molecule has 1 N–H and O–H groups in total. The Kier molecular flexibility index (Phi) is 3.77. The molecule has 1 aliphatic rings. The molecule has 8 heteroatoms. The molecule has 140 valence electrons. The summed E-state index contributed by atoms with van der Waals surface area (Å²) < 4.78 is 30.8. The van der Waals surface area contributed by atoms with E-state index in [1.54, 1.807) is 11.6 Å². The van der Waals surface area contributed by atoms with Gasteiger partial charge in [0.05, 0.1) is 15.9 Å². The Balaban J connectivity index is 1.70. The van der Waals surface area contributed by atoms with Crippen LogP contribution in [0.4, 0.5) is 14.6 Å². The number of carbonyl (C=O) groups excluding carboxylic acids is 1. The Morgan fingerprint density at radius 1 is 1.21 bits per heavy atom. The standard InChI is InChI=1S/C20H14F2N4OS/c1-10-18-13(12-8-11(21)6-7-14(12)22)9-17(27)24-19(18)26(25-10)20-23-15-4-2-3-5-16(15)28-20/h2-8,13H,9H2,1H3,(H,24,27)/t13-/m1/s1. The van der Waals surface area contributed by atoms with Crippen molar-refractivity contribution in [2.75, 3.05) is 5.32 Å². The van der Waals surface area contributed by atoms with Crippen LogP contribution in [0.5, 0.6) is 0 Å². The van der Waals surface area contributed by atoms with Crippen molar-refractivity contribution in [3.63, 3.8) is 0 Å². The number of hydrogen-bond donors (Lipinski definition) is 1. The number of benzene rings is 2. The number of amides is 1. The van der Waals surface area contributed by atoms with Crippen LogP contribution < -0.4 is 5.32 Å². The van der Waals surface area contributed by atoms with Crippen molar-refractivity contribution in [3.8, 4) is 5.13 Å². The predicted molar refractivity (Wildman–Crippen MR) is 103 cm³/mol. The minimum absolute atomic E-state index is 0.0275. The first-order chi connectivity index (χ1) is 13.5. The molecule has 28 heavy (non-hydrogen) atoms. The van der Waals surface area contributed by atoms with Crippen LogP contribution in [0.3, 0.4) is 0 Å². The number of nitrogens with zero attached hydrogens (tertiary/aromatic N) is 3. The van der Waals surface area contributed by atoms with Gasteiger partial charge in [-0.05, 0) is 42.8 Å². The summed E-state index contributed by atoms with van der Waals surface area (Å²) in [6, 6.07) is 11.0. The number of anilines is 1. The minimum atomic E-state index is -0.609. The minimum Gasteiger partial charge on any atom is -0.310 e. The molecule has 0 aliphatic carbocycles. The molecule has 5 rings (SSSR count). The lowest BCUT2D eigenvalue weighted by Gasteiger charge is -2.24. The number of aromatic nitrogens is 3. The van der Waals surface area contributed by atoms with Gasteiger partial charge in [0.15, 0.2) is 0 Å². The summed E-state index contributed by atoms with van der Waals surface area (Å²) in [6.07, 6.45) is 0.0275. The summed E-state index contributed by atoms with van der Waals surface area (Å²) in [5, 5.41) is 7.99. The SMILES string of the molecule is Cc1nn(-c2nc3ccccc3s2)c2c1[C@@H](c1cc(F)ccc1F)CC(=O)N2. The molecule has 0 bridgehead atoms. The second-order valence-corrected chi connectivity index (χ2v) is 7.70. The van der Waals surface area contributed by atoms with Gasteiger partial charge in [0.25, 0.3) is 0 Å². The van der Waals surface area contributed by atoms with E-state index < -0.39 is 17.6 Å². The maximum Gasteiger partial charge on any atom is 0.226 e. The molecule has 3 heterocycles. The third-order valence-electron chi connectivity index (χ3n) is 4.90. The van der Waals surface area contributed by atoms with Crippen LogP contribution in [0, 0.1) is 18.6 Å². The number of thiazole rings is 1. The molecule has 0 saturated heterocycles. The summed E-state index contributed by atoms with van der Waals surface area (Å²) in [5.74, 6) is -1.51. The quantitative estimate of drug-likeness (QED) is 0.541. The van der Waals surface area contributed by atoms with E-state index in [-0.39, 0.29) is 17.9 Å². The van der Waals surface area contributed by atoms with Crippen LogP contribution in [-0.2, 0) is 4.79 Å². The fourth-order valence-corrected chi connectivity index (χ4v) is 4.61. The molecule has 0 fully saturated rings. The normalized spacial score (nSPS) is 16.2. The van der Waals surface area contributed by atoms with Crippen LogP contribution in [0.1, 0.15) is 29.2 Å². The molecule has 5 nitrogen and oxygen atoms in total. The number of para-hydroxylation sites is 1. The molecule has 0 spiro atoms. The smallest absolute Gasteiger partial charge is 0.226 e. The maximum atomic E-state index is 14.4.